The quantitative estimate of drug-likeness (QED) is 0.614. The van der Waals surface area contributed by atoms with Gasteiger partial charge in [0.2, 0.25) is 0 Å². The van der Waals surface area contributed by atoms with Gasteiger partial charge in [-0.05, 0) is 12.8 Å². The zero-order valence-corrected chi connectivity index (χ0v) is 7.51. The van der Waals surface area contributed by atoms with Crippen LogP contribution in [0.1, 0.15) is 40.5 Å². The molecule has 74 valence electrons. The van der Waals surface area contributed by atoms with Crippen molar-refractivity contribution < 1.29 is 9.47 Å². The van der Waals surface area contributed by atoms with Crippen molar-refractivity contribution in [1.29, 1.82) is 0 Å². The molecule has 2 nitrogen and oxygen atoms in total. The number of epoxide rings is 2. The van der Waals surface area contributed by atoms with Crippen LogP contribution in [-0.2, 0) is 9.47 Å². The molecule has 2 unspecified atom stereocenters. The molecule has 0 amide bonds. The Labute approximate surface area is 76.3 Å². The Balaban J connectivity index is 0.000000189. The summed E-state index contributed by atoms with van der Waals surface area (Å²) < 4.78 is 9.81. The van der Waals surface area contributed by atoms with Gasteiger partial charge in [-0.3, -0.25) is 0 Å². The highest BCUT2D eigenvalue weighted by atomic mass is 16.6. The molecule has 2 atom stereocenters. The predicted octanol–water partition coefficient (Wildman–Crippen LogP) is 2.62. The molecule has 2 heterocycles. The fourth-order valence-electron chi connectivity index (χ4n) is 0.860. The van der Waals surface area contributed by atoms with E-state index in [1.165, 1.54) is 19.3 Å². The topological polar surface area (TPSA) is 25.1 Å². The van der Waals surface area contributed by atoms with Gasteiger partial charge in [0.05, 0.1) is 25.4 Å². The lowest BCUT2D eigenvalue weighted by atomic mass is 10.3. The first kappa shape index (κ1) is 11.9. The van der Waals surface area contributed by atoms with Crippen molar-refractivity contribution in [3.05, 3.63) is 0 Å². The van der Waals surface area contributed by atoms with Gasteiger partial charge >= 0.3 is 0 Å². The van der Waals surface area contributed by atoms with Crippen LogP contribution in [-0.4, -0.2) is 25.4 Å². The molecule has 2 heteroatoms. The first-order chi connectivity index (χ1) is 5.36. The summed E-state index contributed by atoms with van der Waals surface area (Å²) in [5, 5.41) is 0. The van der Waals surface area contributed by atoms with Crippen LogP contribution in [0.2, 0.25) is 0 Å². The van der Waals surface area contributed by atoms with E-state index in [9.17, 15) is 0 Å². The second-order valence-corrected chi connectivity index (χ2v) is 3.11. The van der Waals surface area contributed by atoms with E-state index < -0.39 is 0 Å². The molecule has 0 N–H and O–H groups in total. The summed E-state index contributed by atoms with van der Waals surface area (Å²) in [4.78, 5) is 0. The zero-order chi connectivity index (χ0) is 8.10. The molecule has 0 radical (unpaired) electrons. The highest BCUT2D eigenvalue weighted by Crippen LogP contribution is 2.14. The number of ether oxygens (including phenoxy) is 2. The van der Waals surface area contributed by atoms with Crippen molar-refractivity contribution in [3.63, 3.8) is 0 Å². The van der Waals surface area contributed by atoms with Crippen LogP contribution >= 0.6 is 0 Å². The molecule has 0 saturated carbocycles. The van der Waals surface area contributed by atoms with E-state index in [0.29, 0.717) is 12.2 Å². The normalized spacial score (nSPS) is 29.5. The van der Waals surface area contributed by atoms with Crippen LogP contribution in [0.5, 0.6) is 0 Å². The molecule has 0 aromatic heterocycles. The maximum Gasteiger partial charge on any atom is 0.0809 e. The standard InChI is InChI=1S/C5H10O.C4H8O.CH4/c1-2-3-5-4-6-5;1-2-4-3-5-4;/h5H,2-4H2,1H3;4H,2-3H2,1H3;1H4. The molecule has 12 heavy (non-hydrogen) atoms. The van der Waals surface area contributed by atoms with Gasteiger partial charge in [-0.25, -0.2) is 0 Å². The first-order valence-electron chi connectivity index (χ1n) is 4.60. The van der Waals surface area contributed by atoms with Gasteiger partial charge in [0.15, 0.2) is 0 Å². The third-order valence-corrected chi connectivity index (χ3v) is 1.87. The SMILES string of the molecule is C.CCC1CO1.CCCC1CO1. The van der Waals surface area contributed by atoms with Gasteiger partial charge < -0.3 is 9.47 Å². The summed E-state index contributed by atoms with van der Waals surface area (Å²) in [5.41, 5.74) is 0. The molecule has 2 fully saturated rings. The Bertz CT molecular complexity index is 96.0. The van der Waals surface area contributed by atoms with E-state index in [0.717, 1.165) is 13.2 Å². The molecule has 2 aliphatic heterocycles. The van der Waals surface area contributed by atoms with Crippen molar-refractivity contribution >= 4 is 0 Å². The van der Waals surface area contributed by atoms with Crippen molar-refractivity contribution in [2.24, 2.45) is 0 Å². The largest absolute Gasteiger partial charge is 0.373 e. The molecule has 0 spiro atoms. The molecule has 0 bridgehead atoms. The summed E-state index contributed by atoms with van der Waals surface area (Å²) in [7, 11) is 0. The van der Waals surface area contributed by atoms with E-state index in [4.69, 9.17) is 9.47 Å². The molecule has 0 aromatic rings. The van der Waals surface area contributed by atoms with Crippen molar-refractivity contribution in [1.82, 2.24) is 0 Å². The highest BCUT2D eigenvalue weighted by molar-refractivity contribution is 4.66. The number of hydrogen-bond donors (Lipinski definition) is 0. The van der Waals surface area contributed by atoms with Crippen molar-refractivity contribution in [3.8, 4) is 0 Å². The summed E-state index contributed by atoms with van der Waals surface area (Å²) in [5.74, 6) is 0. The maximum absolute atomic E-state index is 4.95. The summed E-state index contributed by atoms with van der Waals surface area (Å²) in [6.07, 6.45) is 5.01. The Kier molecular flexibility index (Phi) is 6.39. The monoisotopic (exact) mass is 174 g/mol. The van der Waals surface area contributed by atoms with Gasteiger partial charge in [-0.1, -0.05) is 27.7 Å². The van der Waals surface area contributed by atoms with Crippen LogP contribution in [0, 0.1) is 0 Å². The van der Waals surface area contributed by atoms with Crippen LogP contribution in [0.15, 0.2) is 0 Å². The lowest BCUT2D eigenvalue weighted by molar-refractivity contribution is 0.395. The first-order valence-corrected chi connectivity index (χ1v) is 4.60. The van der Waals surface area contributed by atoms with E-state index in [1.54, 1.807) is 0 Å². The average Bonchev–Trinajstić information content (AvgIpc) is 2.87. The smallest absolute Gasteiger partial charge is 0.0809 e. The summed E-state index contributed by atoms with van der Waals surface area (Å²) >= 11 is 0. The van der Waals surface area contributed by atoms with Gasteiger partial charge in [0.1, 0.15) is 0 Å². The molecule has 0 aromatic carbocycles. The van der Waals surface area contributed by atoms with E-state index in [2.05, 4.69) is 13.8 Å². The third kappa shape index (κ3) is 6.62. The second-order valence-electron chi connectivity index (χ2n) is 3.11. The Morgan fingerprint density at radius 1 is 1.08 bits per heavy atom. The van der Waals surface area contributed by atoms with Gasteiger partial charge in [-0.15, -0.1) is 0 Å². The Hall–Kier alpha value is -0.0800. The molecule has 2 saturated heterocycles. The molecule has 2 aliphatic rings. The minimum atomic E-state index is 0. The van der Waals surface area contributed by atoms with E-state index >= 15 is 0 Å². The highest BCUT2D eigenvalue weighted by Gasteiger charge is 2.19. The molecule has 0 aliphatic carbocycles. The van der Waals surface area contributed by atoms with E-state index in [1.807, 2.05) is 0 Å². The molecule has 2 rings (SSSR count). The van der Waals surface area contributed by atoms with E-state index in [-0.39, 0.29) is 7.43 Å². The fraction of sp³-hybridized carbons (Fsp3) is 1.00. The average molecular weight is 174 g/mol. The maximum atomic E-state index is 4.95. The Morgan fingerprint density at radius 2 is 1.58 bits per heavy atom. The van der Waals surface area contributed by atoms with Crippen LogP contribution in [0.3, 0.4) is 0 Å². The van der Waals surface area contributed by atoms with Gasteiger partial charge in [-0.2, -0.15) is 0 Å². The molecular formula is C10H22O2. The summed E-state index contributed by atoms with van der Waals surface area (Å²) in [6, 6.07) is 0. The fourth-order valence-corrected chi connectivity index (χ4v) is 0.860. The number of rotatable bonds is 3. The van der Waals surface area contributed by atoms with Gasteiger partial charge in [0, 0.05) is 0 Å². The molecular weight excluding hydrogens is 152 g/mol. The minimum absolute atomic E-state index is 0. The lowest BCUT2D eigenvalue weighted by Gasteiger charge is -1.79. The third-order valence-electron chi connectivity index (χ3n) is 1.87. The number of hydrogen-bond acceptors (Lipinski definition) is 2. The van der Waals surface area contributed by atoms with Gasteiger partial charge in [0.25, 0.3) is 0 Å². The van der Waals surface area contributed by atoms with Crippen molar-refractivity contribution in [2.45, 2.75) is 52.7 Å². The second kappa shape index (κ2) is 6.44. The van der Waals surface area contributed by atoms with Crippen LogP contribution < -0.4 is 0 Å². The van der Waals surface area contributed by atoms with Crippen LogP contribution in [0.4, 0.5) is 0 Å². The summed E-state index contributed by atoms with van der Waals surface area (Å²) in [6.45, 7) is 6.35. The predicted molar refractivity (Wildman–Crippen MR) is 51.4 cm³/mol. The Morgan fingerprint density at radius 3 is 1.67 bits per heavy atom. The van der Waals surface area contributed by atoms with Crippen molar-refractivity contribution in [2.75, 3.05) is 13.2 Å². The minimum Gasteiger partial charge on any atom is -0.373 e. The van der Waals surface area contributed by atoms with Crippen LogP contribution in [0.25, 0.3) is 0 Å². The zero-order valence-electron chi connectivity index (χ0n) is 7.51. The lowest BCUT2D eigenvalue weighted by Crippen LogP contribution is -1.78.